The van der Waals surface area contributed by atoms with Gasteiger partial charge in [-0.05, 0) is 56.2 Å². The predicted molar refractivity (Wildman–Crippen MR) is 80.7 cm³/mol. The van der Waals surface area contributed by atoms with Crippen molar-refractivity contribution in [3.63, 3.8) is 0 Å². The van der Waals surface area contributed by atoms with Gasteiger partial charge in [-0.1, -0.05) is 12.1 Å². The smallest absolute Gasteiger partial charge is 0.303 e. The van der Waals surface area contributed by atoms with Crippen LogP contribution in [-0.2, 0) is 9.53 Å². The van der Waals surface area contributed by atoms with Crippen LogP contribution in [0.5, 0.6) is 5.75 Å². The van der Waals surface area contributed by atoms with Crippen molar-refractivity contribution in [2.24, 2.45) is 5.92 Å². The molecule has 0 saturated carbocycles. The molecular weight excluding hydrogens is 268 g/mol. The number of methoxy groups -OCH3 is 1. The predicted octanol–water partition coefficient (Wildman–Crippen LogP) is 3.46. The van der Waals surface area contributed by atoms with E-state index < -0.39 is 5.97 Å². The van der Waals surface area contributed by atoms with Gasteiger partial charge in [-0.2, -0.15) is 0 Å². The van der Waals surface area contributed by atoms with Gasteiger partial charge < -0.3 is 14.6 Å². The monoisotopic (exact) mass is 292 g/mol. The first kappa shape index (κ1) is 15.8. The second kappa shape index (κ2) is 6.48. The maximum atomic E-state index is 11.3. The fraction of sp³-hybridized carbons (Fsp3) is 0.588. The van der Waals surface area contributed by atoms with Crippen LogP contribution in [0.2, 0.25) is 0 Å². The zero-order chi connectivity index (χ0) is 15.5. The number of carboxylic acid groups (broad SMARTS) is 1. The molecule has 4 nitrogen and oxygen atoms in total. The van der Waals surface area contributed by atoms with E-state index >= 15 is 0 Å². The Balaban J connectivity index is 2.22. The van der Waals surface area contributed by atoms with Crippen molar-refractivity contribution in [2.75, 3.05) is 13.7 Å². The first-order valence-electron chi connectivity index (χ1n) is 7.41. The number of benzene rings is 1. The molecule has 1 aliphatic rings. The molecule has 1 aromatic rings. The van der Waals surface area contributed by atoms with Crippen molar-refractivity contribution in [1.82, 2.24) is 0 Å². The molecule has 0 unspecified atom stereocenters. The number of rotatable bonds is 5. The average molecular weight is 292 g/mol. The third kappa shape index (κ3) is 4.21. The number of carboxylic acids is 1. The van der Waals surface area contributed by atoms with Crippen molar-refractivity contribution in [2.45, 2.75) is 44.6 Å². The SMILES string of the molecule is COc1ccc([C@H](CC(=O)O)[C@H]2CCOC(C)(C)C2)cc1. The Morgan fingerprint density at radius 1 is 1.43 bits per heavy atom. The summed E-state index contributed by atoms with van der Waals surface area (Å²) in [6.45, 7) is 4.85. The highest BCUT2D eigenvalue weighted by molar-refractivity contribution is 5.68. The Morgan fingerprint density at radius 2 is 2.10 bits per heavy atom. The quantitative estimate of drug-likeness (QED) is 0.903. The summed E-state index contributed by atoms with van der Waals surface area (Å²) in [5.74, 6) is 0.398. The largest absolute Gasteiger partial charge is 0.497 e. The van der Waals surface area contributed by atoms with Crippen molar-refractivity contribution < 1.29 is 19.4 Å². The highest BCUT2D eigenvalue weighted by Crippen LogP contribution is 2.40. The average Bonchev–Trinajstić information content (AvgIpc) is 2.43. The lowest BCUT2D eigenvalue weighted by Gasteiger charge is -2.39. The van der Waals surface area contributed by atoms with Crippen molar-refractivity contribution >= 4 is 5.97 Å². The zero-order valence-corrected chi connectivity index (χ0v) is 13.0. The lowest BCUT2D eigenvalue weighted by molar-refractivity contribution is -0.138. The summed E-state index contributed by atoms with van der Waals surface area (Å²) in [5.41, 5.74) is 0.896. The molecule has 0 amide bonds. The molecule has 0 radical (unpaired) electrons. The summed E-state index contributed by atoms with van der Waals surface area (Å²) in [6.07, 6.45) is 1.96. The molecule has 2 rings (SSSR count). The lowest BCUT2D eigenvalue weighted by Crippen LogP contribution is -2.36. The van der Waals surface area contributed by atoms with Crippen LogP contribution in [0, 0.1) is 5.92 Å². The van der Waals surface area contributed by atoms with E-state index in [1.165, 1.54) is 0 Å². The second-order valence-corrected chi connectivity index (χ2v) is 6.34. The first-order valence-corrected chi connectivity index (χ1v) is 7.41. The van der Waals surface area contributed by atoms with E-state index in [0.29, 0.717) is 12.5 Å². The Bertz CT molecular complexity index is 478. The van der Waals surface area contributed by atoms with Crippen LogP contribution < -0.4 is 4.74 Å². The number of carbonyl (C=O) groups is 1. The maximum Gasteiger partial charge on any atom is 0.303 e. The maximum absolute atomic E-state index is 11.3. The third-order valence-corrected chi connectivity index (χ3v) is 4.24. The van der Waals surface area contributed by atoms with Gasteiger partial charge in [0.1, 0.15) is 5.75 Å². The standard InChI is InChI=1S/C17H24O4/c1-17(2)11-13(8-9-21-17)15(10-16(18)19)12-4-6-14(20-3)7-5-12/h4-7,13,15H,8-11H2,1-3H3,(H,18,19)/t13-,15-/m0/s1. The fourth-order valence-electron chi connectivity index (χ4n) is 3.22. The van der Waals surface area contributed by atoms with Gasteiger partial charge in [-0.15, -0.1) is 0 Å². The zero-order valence-electron chi connectivity index (χ0n) is 13.0. The van der Waals surface area contributed by atoms with Crippen LogP contribution in [-0.4, -0.2) is 30.4 Å². The molecule has 1 heterocycles. The van der Waals surface area contributed by atoms with E-state index in [1.54, 1.807) is 7.11 Å². The Kier molecular flexibility index (Phi) is 4.88. The topological polar surface area (TPSA) is 55.8 Å². The Labute approximate surface area is 126 Å². The summed E-state index contributed by atoms with van der Waals surface area (Å²) in [6, 6.07) is 7.76. The molecule has 1 aliphatic heterocycles. The Morgan fingerprint density at radius 3 is 2.62 bits per heavy atom. The van der Waals surface area contributed by atoms with E-state index in [2.05, 4.69) is 13.8 Å². The number of hydrogen-bond acceptors (Lipinski definition) is 3. The molecule has 1 saturated heterocycles. The molecule has 1 N–H and O–H groups in total. The van der Waals surface area contributed by atoms with Gasteiger partial charge in [0.05, 0.1) is 19.1 Å². The van der Waals surface area contributed by atoms with Crippen LogP contribution >= 0.6 is 0 Å². The fourth-order valence-corrected chi connectivity index (χ4v) is 3.22. The number of aliphatic carboxylic acids is 1. The third-order valence-electron chi connectivity index (χ3n) is 4.24. The van der Waals surface area contributed by atoms with Gasteiger partial charge >= 0.3 is 5.97 Å². The number of hydrogen-bond donors (Lipinski definition) is 1. The number of ether oxygens (including phenoxy) is 2. The minimum Gasteiger partial charge on any atom is -0.497 e. The molecule has 0 aliphatic carbocycles. The highest BCUT2D eigenvalue weighted by atomic mass is 16.5. The van der Waals surface area contributed by atoms with E-state index in [-0.39, 0.29) is 17.9 Å². The van der Waals surface area contributed by atoms with Crippen LogP contribution in [0.1, 0.15) is 44.6 Å². The van der Waals surface area contributed by atoms with Crippen LogP contribution in [0.15, 0.2) is 24.3 Å². The summed E-state index contributed by atoms with van der Waals surface area (Å²) in [4.78, 5) is 11.3. The van der Waals surface area contributed by atoms with Crippen LogP contribution in [0.4, 0.5) is 0 Å². The normalized spacial score (nSPS) is 22.5. The van der Waals surface area contributed by atoms with E-state index in [1.807, 2.05) is 24.3 Å². The minimum atomic E-state index is -0.750. The summed E-state index contributed by atoms with van der Waals surface area (Å²) >= 11 is 0. The van der Waals surface area contributed by atoms with E-state index in [4.69, 9.17) is 9.47 Å². The molecule has 0 bridgehead atoms. The first-order chi connectivity index (χ1) is 9.91. The summed E-state index contributed by atoms with van der Waals surface area (Å²) in [5, 5.41) is 9.25. The molecule has 4 heteroatoms. The molecule has 2 atom stereocenters. The van der Waals surface area contributed by atoms with Gasteiger partial charge in [0.2, 0.25) is 0 Å². The second-order valence-electron chi connectivity index (χ2n) is 6.34. The van der Waals surface area contributed by atoms with Gasteiger partial charge in [0.15, 0.2) is 0 Å². The summed E-state index contributed by atoms with van der Waals surface area (Å²) < 4.78 is 10.9. The molecule has 116 valence electrons. The Hall–Kier alpha value is -1.55. The molecule has 1 fully saturated rings. The highest BCUT2D eigenvalue weighted by Gasteiger charge is 2.35. The van der Waals surface area contributed by atoms with Crippen molar-refractivity contribution in [3.05, 3.63) is 29.8 Å². The minimum absolute atomic E-state index is 0.0246. The van der Waals surface area contributed by atoms with Crippen LogP contribution in [0.3, 0.4) is 0 Å². The summed E-state index contributed by atoms with van der Waals surface area (Å²) in [7, 11) is 1.63. The van der Waals surface area contributed by atoms with Crippen molar-refractivity contribution in [3.8, 4) is 5.75 Å². The van der Waals surface area contributed by atoms with E-state index in [9.17, 15) is 9.90 Å². The van der Waals surface area contributed by atoms with Gasteiger partial charge in [-0.25, -0.2) is 0 Å². The van der Waals surface area contributed by atoms with Gasteiger partial charge in [-0.3, -0.25) is 4.79 Å². The molecule has 1 aromatic carbocycles. The van der Waals surface area contributed by atoms with Crippen molar-refractivity contribution in [1.29, 1.82) is 0 Å². The lowest BCUT2D eigenvalue weighted by atomic mass is 9.75. The van der Waals surface area contributed by atoms with E-state index in [0.717, 1.165) is 24.2 Å². The van der Waals surface area contributed by atoms with Gasteiger partial charge in [0.25, 0.3) is 0 Å². The molecular formula is C17H24O4. The molecule has 0 aromatic heterocycles. The van der Waals surface area contributed by atoms with Crippen LogP contribution in [0.25, 0.3) is 0 Å². The molecule has 0 spiro atoms. The van der Waals surface area contributed by atoms with Gasteiger partial charge in [0, 0.05) is 6.61 Å². The molecule has 21 heavy (non-hydrogen) atoms.